The van der Waals surface area contributed by atoms with Gasteiger partial charge in [0, 0.05) is 23.6 Å². The number of likely N-dealkylation sites (tertiary alicyclic amines) is 1. The number of β-amino-alcohol motifs (C(OH)–C–C–N with tert-alkyl or cyclic N) is 1. The maximum absolute atomic E-state index is 10.2. The van der Waals surface area contributed by atoms with Crippen molar-refractivity contribution in [1.29, 1.82) is 0 Å². The van der Waals surface area contributed by atoms with Gasteiger partial charge in [0.2, 0.25) is 0 Å². The fourth-order valence-corrected chi connectivity index (χ4v) is 3.44. The third kappa shape index (κ3) is 4.55. The normalized spacial score (nSPS) is 25.6. The number of rotatable bonds is 5. The first-order valence-electron chi connectivity index (χ1n) is 7.38. The van der Waals surface area contributed by atoms with E-state index >= 15 is 0 Å². The van der Waals surface area contributed by atoms with Crippen LogP contribution in [0, 0.1) is 0 Å². The quantitative estimate of drug-likeness (QED) is 0.864. The van der Waals surface area contributed by atoms with E-state index < -0.39 is 5.60 Å². The topological polar surface area (TPSA) is 35.5 Å². The predicted octanol–water partition coefficient (Wildman–Crippen LogP) is 2.95. The molecule has 1 aliphatic heterocycles. The molecule has 1 aliphatic rings. The van der Waals surface area contributed by atoms with Crippen LogP contribution >= 0.6 is 15.9 Å². The van der Waals surface area contributed by atoms with Crippen molar-refractivity contribution < 1.29 is 5.11 Å². The van der Waals surface area contributed by atoms with Crippen LogP contribution in [0.5, 0.6) is 0 Å². The average Bonchev–Trinajstić information content (AvgIpc) is 2.38. The van der Waals surface area contributed by atoms with E-state index in [9.17, 15) is 5.11 Å². The molecular weight excluding hydrogens is 316 g/mol. The highest BCUT2D eigenvalue weighted by molar-refractivity contribution is 9.10. The summed E-state index contributed by atoms with van der Waals surface area (Å²) in [7, 11) is 2.01. The molecule has 2 atom stereocenters. The van der Waals surface area contributed by atoms with Crippen molar-refractivity contribution in [3.05, 3.63) is 34.3 Å². The first-order valence-corrected chi connectivity index (χ1v) is 8.17. The van der Waals surface area contributed by atoms with E-state index in [-0.39, 0.29) is 0 Å². The second-order valence-corrected chi connectivity index (χ2v) is 6.98. The minimum Gasteiger partial charge on any atom is -0.389 e. The lowest BCUT2D eigenvalue weighted by Crippen LogP contribution is -2.46. The van der Waals surface area contributed by atoms with Crippen molar-refractivity contribution in [1.82, 2.24) is 10.2 Å². The van der Waals surface area contributed by atoms with Gasteiger partial charge >= 0.3 is 0 Å². The summed E-state index contributed by atoms with van der Waals surface area (Å²) in [6.45, 7) is 4.87. The summed E-state index contributed by atoms with van der Waals surface area (Å²) < 4.78 is 1.12. The summed E-state index contributed by atoms with van der Waals surface area (Å²) in [6.07, 6.45) is 3.07. The number of hydrogen-bond acceptors (Lipinski definition) is 3. The monoisotopic (exact) mass is 340 g/mol. The van der Waals surface area contributed by atoms with Crippen LogP contribution in [0.1, 0.15) is 37.8 Å². The molecule has 1 saturated heterocycles. The van der Waals surface area contributed by atoms with Crippen molar-refractivity contribution in [3.63, 3.8) is 0 Å². The molecule has 20 heavy (non-hydrogen) atoms. The average molecular weight is 341 g/mol. The zero-order valence-electron chi connectivity index (χ0n) is 12.4. The lowest BCUT2D eigenvalue weighted by molar-refractivity contribution is -0.0163. The fourth-order valence-electron chi connectivity index (χ4n) is 3.03. The Morgan fingerprint density at radius 3 is 2.95 bits per heavy atom. The van der Waals surface area contributed by atoms with Gasteiger partial charge in [-0.3, -0.25) is 0 Å². The number of aliphatic hydroxyl groups is 1. The predicted molar refractivity (Wildman–Crippen MR) is 86.9 cm³/mol. The zero-order valence-corrected chi connectivity index (χ0v) is 14.0. The van der Waals surface area contributed by atoms with Gasteiger partial charge in [0.15, 0.2) is 0 Å². The second kappa shape index (κ2) is 7.03. The summed E-state index contributed by atoms with van der Waals surface area (Å²) in [5.41, 5.74) is 0.800. The molecule has 0 aromatic heterocycles. The van der Waals surface area contributed by atoms with E-state index in [1.807, 2.05) is 14.0 Å². The Labute approximate surface area is 130 Å². The first kappa shape index (κ1) is 16.0. The van der Waals surface area contributed by atoms with Gasteiger partial charge in [0.1, 0.15) is 0 Å². The van der Waals surface area contributed by atoms with Crippen LogP contribution in [-0.4, -0.2) is 42.3 Å². The Morgan fingerprint density at radius 1 is 1.50 bits per heavy atom. The van der Waals surface area contributed by atoms with Gasteiger partial charge in [0.05, 0.1) is 5.60 Å². The summed E-state index contributed by atoms with van der Waals surface area (Å²) >= 11 is 3.53. The molecule has 2 rings (SSSR count). The van der Waals surface area contributed by atoms with Crippen molar-refractivity contribution in [3.8, 4) is 0 Å². The maximum Gasteiger partial charge on any atom is 0.0746 e. The largest absolute Gasteiger partial charge is 0.389 e. The van der Waals surface area contributed by atoms with E-state index in [0.29, 0.717) is 6.04 Å². The number of nitrogens with one attached hydrogen (secondary N) is 1. The molecule has 112 valence electrons. The minimum atomic E-state index is -0.511. The molecule has 0 radical (unpaired) electrons. The van der Waals surface area contributed by atoms with Gasteiger partial charge in [-0.25, -0.2) is 0 Å². The zero-order chi connectivity index (χ0) is 14.6. The van der Waals surface area contributed by atoms with Gasteiger partial charge in [-0.15, -0.1) is 0 Å². The van der Waals surface area contributed by atoms with E-state index in [1.165, 1.54) is 5.56 Å². The molecule has 4 heteroatoms. The van der Waals surface area contributed by atoms with Crippen LogP contribution in [0.4, 0.5) is 0 Å². The van der Waals surface area contributed by atoms with E-state index in [4.69, 9.17) is 0 Å². The van der Waals surface area contributed by atoms with Gasteiger partial charge in [-0.2, -0.15) is 0 Å². The van der Waals surface area contributed by atoms with Crippen LogP contribution < -0.4 is 5.32 Å². The number of hydrogen-bond donors (Lipinski definition) is 2. The number of piperidine rings is 1. The summed E-state index contributed by atoms with van der Waals surface area (Å²) in [5, 5.41) is 13.6. The van der Waals surface area contributed by atoms with Crippen LogP contribution in [-0.2, 0) is 0 Å². The summed E-state index contributed by atoms with van der Waals surface area (Å²) in [4.78, 5) is 2.38. The summed E-state index contributed by atoms with van der Waals surface area (Å²) in [6, 6.07) is 8.83. The Morgan fingerprint density at radius 2 is 2.30 bits per heavy atom. The highest BCUT2D eigenvalue weighted by atomic mass is 79.9. The fraction of sp³-hybridized carbons (Fsp3) is 0.625. The lowest BCUT2D eigenvalue weighted by Gasteiger charge is -2.37. The molecule has 0 saturated carbocycles. The third-order valence-electron chi connectivity index (χ3n) is 4.09. The van der Waals surface area contributed by atoms with Crippen molar-refractivity contribution >= 4 is 15.9 Å². The molecule has 1 fully saturated rings. The van der Waals surface area contributed by atoms with Crippen molar-refractivity contribution in [2.75, 3.05) is 26.7 Å². The van der Waals surface area contributed by atoms with E-state index in [0.717, 1.165) is 43.4 Å². The van der Waals surface area contributed by atoms with E-state index in [2.05, 4.69) is 50.4 Å². The first-order chi connectivity index (χ1) is 9.50. The molecule has 0 spiro atoms. The van der Waals surface area contributed by atoms with Crippen LogP contribution in [0.25, 0.3) is 0 Å². The van der Waals surface area contributed by atoms with Gasteiger partial charge in [-0.1, -0.05) is 28.1 Å². The number of benzene rings is 1. The molecular formula is C16H25BrN2O. The Hall–Kier alpha value is -0.420. The van der Waals surface area contributed by atoms with Gasteiger partial charge < -0.3 is 15.3 Å². The van der Waals surface area contributed by atoms with Crippen LogP contribution in [0.2, 0.25) is 0 Å². The molecule has 2 N–H and O–H groups in total. The maximum atomic E-state index is 10.2. The van der Waals surface area contributed by atoms with E-state index in [1.54, 1.807) is 0 Å². The standard InChI is InChI=1S/C16H25BrN2O/c1-16(20)8-4-9-19(12-16)10-7-15(18-2)13-5-3-6-14(17)11-13/h3,5-6,11,15,18,20H,4,7-10,12H2,1-2H3. The highest BCUT2D eigenvalue weighted by Crippen LogP contribution is 2.24. The SMILES string of the molecule is CNC(CCN1CCCC(C)(O)C1)c1cccc(Br)c1. The highest BCUT2D eigenvalue weighted by Gasteiger charge is 2.28. The Balaban J connectivity index is 1.91. The van der Waals surface area contributed by atoms with Crippen LogP contribution in [0.3, 0.4) is 0 Å². The molecule has 1 aromatic carbocycles. The molecule has 3 nitrogen and oxygen atoms in total. The number of halogens is 1. The second-order valence-electron chi connectivity index (χ2n) is 6.06. The molecule has 1 heterocycles. The molecule has 0 aliphatic carbocycles. The molecule has 0 bridgehead atoms. The Bertz CT molecular complexity index is 436. The summed E-state index contributed by atoms with van der Waals surface area (Å²) in [5.74, 6) is 0. The molecule has 0 amide bonds. The van der Waals surface area contributed by atoms with Gasteiger partial charge in [0.25, 0.3) is 0 Å². The molecule has 1 aromatic rings. The molecule has 2 unspecified atom stereocenters. The Kier molecular flexibility index (Phi) is 5.61. The lowest BCUT2D eigenvalue weighted by atomic mass is 9.94. The van der Waals surface area contributed by atoms with Crippen molar-refractivity contribution in [2.45, 2.75) is 37.8 Å². The smallest absolute Gasteiger partial charge is 0.0746 e. The van der Waals surface area contributed by atoms with Crippen LogP contribution in [0.15, 0.2) is 28.7 Å². The van der Waals surface area contributed by atoms with Crippen molar-refractivity contribution in [2.24, 2.45) is 0 Å². The number of nitrogens with zero attached hydrogens (tertiary/aromatic N) is 1. The van der Waals surface area contributed by atoms with Gasteiger partial charge in [-0.05, 0) is 57.5 Å². The minimum absolute atomic E-state index is 0.361. The third-order valence-corrected chi connectivity index (χ3v) is 4.58.